The molecule has 30 heavy (non-hydrogen) atoms. The number of hydrogen-bond acceptors (Lipinski definition) is 5. The number of aromatic amines is 1. The van der Waals surface area contributed by atoms with Crippen LogP contribution in [0.15, 0.2) is 42.5 Å². The maximum Gasteiger partial charge on any atom is 0.273 e. The van der Waals surface area contributed by atoms with Crippen LogP contribution in [0.5, 0.6) is 17.2 Å². The highest BCUT2D eigenvalue weighted by Crippen LogP contribution is 2.44. The van der Waals surface area contributed by atoms with Gasteiger partial charge in [-0.05, 0) is 43.2 Å². The molecule has 156 valence electrons. The van der Waals surface area contributed by atoms with Gasteiger partial charge in [0.05, 0.1) is 25.5 Å². The molecule has 2 heterocycles. The van der Waals surface area contributed by atoms with Crippen LogP contribution in [-0.2, 0) is 0 Å². The first kappa shape index (κ1) is 19.8. The van der Waals surface area contributed by atoms with Crippen LogP contribution in [0.25, 0.3) is 11.3 Å². The minimum absolute atomic E-state index is 0.0763. The third-order valence-electron chi connectivity index (χ3n) is 5.27. The van der Waals surface area contributed by atoms with Gasteiger partial charge in [0.15, 0.2) is 11.5 Å². The molecule has 1 aliphatic heterocycles. The number of amides is 1. The van der Waals surface area contributed by atoms with Crippen molar-refractivity contribution in [2.75, 3.05) is 20.3 Å². The predicted molar refractivity (Wildman–Crippen MR) is 113 cm³/mol. The molecule has 1 aromatic heterocycles. The third kappa shape index (κ3) is 3.26. The van der Waals surface area contributed by atoms with Crippen molar-refractivity contribution < 1.29 is 19.4 Å². The van der Waals surface area contributed by atoms with Crippen LogP contribution in [0.1, 0.15) is 47.9 Å². The number of nitrogens with zero attached hydrogens (tertiary/aromatic N) is 2. The van der Waals surface area contributed by atoms with Gasteiger partial charge in [0.1, 0.15) is 11.4 Å². The van der Waals surface area contributed by atoms with E-state index in [4.69, 9.17) is 9.47 Å². The molecule has 0 aliphatic carbocycles. The number of H-pyrrole nitrogens is 1. The van der Waals surface area contributed by atoms with Gasteiger partial charge in [-0.15, -0.1) is 0 Å². The van der Waals surface area contributed by atoms with E-state index in [2.05, 4.69) is 10.2 Å². The van der Waals surface area contributed by atoms with Crippen LogP contribution in [0.4, 0.5) is 0 Å². The van der Waals surface area contributed by atoms with Crippen LogP contribution in [0, 0.1) is 0 Å². The molecule has 0 unspecified atom stereocenters. The monoisotopic (exact) mass is 407 g/mol. The zero-order valence-corrected chi connectivity index (χ0v) is 17.3. The van der Waals surface area contributed by atoms with Gasteiger partial charge in [-0.25, -0.2) is 0 Å². The number of benzene rings is 2. The molecule has 0 radical (unpaired) electrons. The minimum atomic E-state index is -0.327. The largest absolute Gasteiger partial charge is 0.504 e. The van der Waals surface area contributed by atoms with Gasteiger partial charge in [0, 0.05) is 17.7 Å². The Labute approximate surface area is 175 Å². The van der Waals surface area contributed by atoms with E-state index in [0.29, 0.717) is 30.3 Å². The number of aromatic nitrogens is 2. The van der Waals surface area contributed by atoms with Crippen molar-refractivity contribution in [3.8, 4) is 28.5 Å². The van der Waals surface area contributed by atoms with Gasteiger partial charge in [-0.3, -0.25) is 9.89 Å². The smallest absolute Gasteiger partial charge is 0.273 e. The van der Waals surface area contributed by atoms with Crippen molar-refractivity contribution in [3.63, 3.8) is 0 Å². The normalized spacial score (nSPS) is 15.4. The molecule has 0 bridgehead atoms. The SMILES string of the molecule is CCCN1C(=O)c2[nH]nc(-c3cccc(OC)c3)c2[C@H]1c1ccc(O)c(OCC)c1. The second-order valence-electron chi connectivity index (χ2n) is 7.15. The van der Waals surface area contributed by atoms with Gasteiger partial charge >= 0.3 is 0 Å². The van der Waals surface area contributed by atoms with E-state index in [9.17, 15) is 9.90 Å². The molecule has 4 rings (SSSR count). The lowest BCUT2D eigenvalue weighted by Crippen LogP contribution is -2.30. The molecule has 1 atom stereocenters. The topological polar surface area (TPSA) is 87.7 Å². The molecule has 1 aliphatic rings. The molecular weight excluding hydrogens is 382 g/mol. The summed E-state index contributed by atoms with van der Waals surface area (Å²) in [4.78, 5) is 15.0. The first-order valence-electron chi connectivity index (χ1n) is 10.1. The number of rotatable bonds is 7. The number of carbonyl (C=O) groups excluding carboxylic acids is 1. The molecule has 2 N–H and O–H groups in total. The number of hydrogen-bond donors (Lipinski definition) is 2. The summed E-state index contributed by atoms with van der Waals surface area (Å²) in [5.74, 6) is 1.12. The molecule has 2 aromatic carbocycles. The molecule has 0 fully saturated rings. The van der Waals surface area contributed by atoms with Crippen LogP contribution < -0.4 is 9.47 Å². The first-order chi connectivity index (χ1) is 14.6. The van der Waals surface area contributed by atoms with E-state index in [1.54, 1.807) is 19.2 Å². The zero-order chi connectivity index (χ0) is 21.3. The van der Waals surface area contributed by atoms with Crippen molar-refractivity contribution in [1.82, 2.24) is 15.1 Å². The lowest BCUT2D eigenvalue weighted by molar-refractivity contribution is 0.0743. The standard InChI is InChI=1S/C23H25N3O4/c1-4-11-26-22(15-9-10-17(27)18(13-15)30-5-2)19-20(24-25-21(19)23(26)28)14-7-6-8-16(12-14)29-3/h6-10,12-13,22,27H,4-5,11H2,1-3H3,(H,24,25)/t22-/m1/s1. The Morgan fingerprint density at radius 3 is 2.77 bits per heavy atom. The highest BCUT2D eigenvalue weighted by molar-refractivity contribution is 6.00. The number of methoxy groups -OCH3 is 1. The summed E-state index contributed by atoms with van der Waals surface area (Å²) < 4.78 is 10.9. The predicted octanol–water partition coefficient (Wildman–Crippen LogP) is 4.14. The number of fused-ring (bicyclic) bond motifs is 1. The second-order valence-corrected chi connectivity index (χ2v) is 7.15. The van der Waals surface area contributed by atoms with E-state index < -0.39 is 0 Å². The number of ether oxygens (including phenoxy) is 2. The Hall–Kier alpha value is -3.48. The van der Waals surface area contributed by atoms with Gasteiger partial charge < -0.3 is 19.5 Å². The van der Waals surface area contributed by atoms with E-state index in [-0.39, 0.29) is 17.7 Å². The van der Waals surface area contributed by atoms with Crippen molar-refractivity contribution in [3.05, 3.63) is 59.3 Å². The summed E-state index contributed by atoms with van der Waals surface area (Å²) in [5, 5.41) is 17.6. The maximum atomic E-state index is 13.2. The summed E-state index contributed by atoms with van der Waals surface area (Å²) in [6.45, 7) is 4.95. The molecule has 7 nitrogen and oxygen atoms in total. The Bertz CT molecular complexity index is 1080. The lowest BCUT2D eigenvalue weighted by Gasteiger charge is -2.26. The summed E-state index contributed by atoms with van der Waals surface area (Å²) in [6.07, 6.45) is 0.824. The Morgan fingerprint density at radius 2 is 2.03 bits per heavy atom. The van der Waals surface area contributed by atoms with Gasteiger partial charge in [0.25, 0.3) is 5.91 Å². The van der Waals surface area contributed by atoms with Crippen molar-refractivity contribution in [1.29, 1.82) is 0 Å². The lowest BCUT2D eigenvalue weighted by atomic mass is 9.95. The first-order valence-corrected chi connectivity index (χ1v) is 10.1. The molecule has 7 heteroatoms. The van der Waals surface area contributed by atoms with Crippen molar-refractivity contribution in [2.24, 2.45) is 0 Å². The average Bonchev–Trinajstić information content (AvgIpc) is 3.30. The fourth-order valence-electron chi connectivity index (χ4n) is 3.98. The van der Waals surface area contributed by atoms with Crippen molar-refractivity contribution in [2.45, 2.75) is 26.3 Å². The number of nitrogens with one attached hydrogen (secondary N) is 1. The van der Waals surface area contributed by atoms with Crippen LogP contribution in [-0.4, -0.2) is 46.4 Å². The number of phenolic OH excluding ortho intramolecular Hbond substituents is 1. The van der Waals surface area contributed by atoms with E-state index >= 15 is 0 Å². The van der Waals surface area contributed by atoms with E-state index in [1.165, 1.54) is 0 Å². The summed E-state index contributed by atoms with van der Waals surface area (Å²) >= 11 is 0. The zero-order valence-electron chi connectivity index (χ0n) is 17.3. The fraction of sp³-hybridized carbons (Fsp3) is 0.304. The Kier molecular flexibility index (Phi) is 5.35. The Balaban J connectivity index is 1.87. The molecule has 0 saturated carbocycles. The molecule has 3 aromatic rings. The van der Waals surface area contributed by atoms with E-state index in [1.807, 2.05) is 49.1 Å². The fourth-order valence-corrected chi connectivity index (χ4v) is 3.98. The van der Waals surface area contributed by atoms with Crippen LogP contribution >= 0.6 is 0 Å². The summed E-state index contributed by atoms with van der Waals surface area (Å²) in [6, 6.07) is 12.5. The van der Waals surface area contributed by atoms with Gasteiger partial charge in [-0.2, -0.15) is 5.10 Å². The molecule has 0 spiro atoms. The highest BCUT2D eigenvalue weighted by atomic mass is 16.5. The van der Waals surface area contributed by atoms with Gasteiger partial charge in [-0.1, -0.05) is 25.1 Å². The Morgan fingerprint density at radius 1 is 1.20 bits per heavy atom. The average molecular weight is 407 g/mol. The number of aromatic hydroxyl groups is 1. The van der Waals surface area contributed by atoms with Crippen molar-refractivity contribution >= 4 is 5.91 Å². The highest BCUT2D eigenvalue weighted by Gasteiger charge is 2.42. The molecule has 1 amide bonds. The minimum Gasteiger partial charge on any atom is -0.504 e. The second kappa shape index (κ2) is 8.10. The van der Waals surface area contributed by atoms with E-state index in [0.717, 1.165) is 28.9 Å². The van der Waals surface area contributed by atoms with Gasteiger partial charge in [0.2, 0.25) is 0 Å². The number of carbonyl (C=O) groups is 1. The van der Waals surface area contributed by atoms with Crippen LogP contribution in [0.3, 0.4) is 0 Å². The number of phenols is 1. The summed E-state index contributed by atoms with van der Waals surface area (Å²) in [7, 11) is 1.62. The van der Waals surface area contributed by atoms with Crippen LogP contribution in [0.2, 0.25) is 0 Å². The summed E-state index contributed by atoms with van der Waals surface area (Å²) in [5.41, 5.74) is 3.77. The maximum absolute atomic E-state index is 13.2. The third-order valence-corrected chi connectivity index (χ3v) is 5.27. The molecule has 0 saturated heterocycles. The molecular formula is C23H25N3O4. The quantitative estimate of drug-likeness (QED) is 0.614.